The molecule has 27 heavy (non-hydrogen) atoms. The van der Waals surface area contributed by atoms with E-state index in [1.165, 1.54) is 5.56 Å². The van der Waals surface area contributed by atoms with Crippen LogP contribution in [0.25, 0.3) is 0 Å². The predicted octanol–water partition coefficient (Wildman–Crippen LogP) is 3.59. The number of aromatic nitrogens is 2. The average Bonchev–Trinajstić information content (AvgIpc) is 2.99. The Morgan fingerprint density at radius 3 is 2.56 bits per heavy atom. The van der Waals surface area contributed by atoms with Gasteiger partial charge in [-0.3, -0.25) is 9.48 Å². The number of ether oxygens (including phenoxy) is 1. The topological polar surface area (TPSA) is 47.4 Å². The SMILES string of the molecule is Cc1cc(C)n(CC(C)C(=O)N2CCC(COCc3ccccc3)CC2)n1. The summed E-state index contributed by atoms with van der Waals surface area (Å²) >= 11 is 0. The van der Waals surface area contributed by atoms with Crippen LogP contribution < -0.4 is 0 Å². The molecule has 1 saturated heterocycles. The first-order chi connectivity index (χ1) is 13.0. The minimum absolute atomic E-state index is 0.0473. The Bertz CT molecular complexity index is 733. The molecule has 3 rings (SSSR count). The van der Waals surface area contributed by atoms with Gasteiger partial charge in [0.15, 0.2) is 0 Å². The molecule has 1 unspecified atom stereocenters. The smallest absolute Gasteiger partial charge is 0.227 e. The van der Waals surface area contributed by atoms with Crippen LogP contribution in [0, 0.1) is 25.7 Å². The number of aryl methyl sites for hydroxylation is 2. The van der Waals surface area contributed by atoms with E-state index in [1.54, 1.807) is 0 Å². The van der Waals surface area contributed by atoms with E-state index in [4.69, 9.17) is 4.74 Å². The van der Waals surface area contributed by atoms with Crippen molar-refractivity contribution in [3.8, 4) is 0 Å². The van der Waals surface area contributed by atoms with Crippen molar-refractivity contribution < 1.29 is 9.53 Å². The molecule has 5 nitrogen and oxygen atoms in total. The van der Waals surface area contributed by atoms with Crippen LogP contribution in [0.15, 0.2) is 36.4 Å². The first-order valence-corrected chi connectivity index (χ1v) is 9.94. The lowest BCUT2D eigenvalue weighted by Crippen LogP contribution is -2.42. The van der Waals surface area contributed by atoms with Gasteiger partial charge in [0.2, 0.25) is 5.91 Å². The molecule has 0 N–H and O–H groups in total. The summed E-state index contributed by atoms with van der Waals surface area (Å²) < 4.78 is 7.83. The quantitative estimate of drug-likeness (QED) is 0.749. The largest absolute Gasteiger partial charge is 0.376 e. The lowest BCUT2D eigenvalue weighted by atomic mass is 9.96. The standard InChI is InChI=1S/C22H31N3O2/c1-17(14-25-19(3)13-18(2)23-25)22(26)24-11-9-21(10-12-24)16-27-15-20-7-5-4-6-8-20/h4-8,13,17,21H,9-12,14-16H2,1-3H3. The van der Waals surface area contributed by atoms with Crippen molar-refractivity contribution in [2.45, 2.75) is 46.8 Å². The predicted molar refractivity (Wildman–Crippen MR) is 106 cm³/mol. The fourth-order valence-electron chi connectivity index (χ4n) is 3.75. The van der Waals surface area contributed by atoms with Gasteiger partial charge in [-0.25, -0.2) is 0 Å². The van der Waals surface area contributed by atoms with Crippen LogP contribution in [-0.2, 0) is 22.7 Å². The summed E-state index contributed by atoms with van der Waals surface area (Å²) in [6.45, 7) is 9.79. The van der Waals surface area contributed by atoms with E-state index in [1.807, 2.05) is 48.6 Å². The molecule has 0 radical (unpaired) electrons. The highest BCUT2D eigenvalue weighted by molar-refractivity contribution is 5.78. The molecule has 5 heteroatoms. The van der Waals surface area contributed by atoms with E-state index in [-0.39, 0.29) is 11.8 Å². The van der Waals surface area contributed by atoms with Crippen LogP contribution in [0.2, 0.25) is 0 Å². The Kier molecular flexibility index (Phi) is 6.67. The molecule has 0 spiro atoms. The first-order valence-electron chi connectivity index (χ1n) is 9.94. The Morgan fingerprint density at radius 2 is 1.93 bits per heavy atom. The number of nitrogens with zero attached hydrogens (tertiary/aromatic N) is 3. The van der Waals surface area contributed by atoms with Crippen molar-refractivity contribution >= 4 is 5.91 Å². The number of rotatable bonds is 7. The fraction of sp³-hybridized carbons (Fsp3) is 0.545. The van der Waals surface area contributed by atoms with Crippen molar-refractivity contribution in [2.24, 2.45) is 11.8 Å². The van der Waals surface area contributed by atoms with Gasteiger partial charge >= 0.3 is 0 Å². The second kappa shape index (κ2) is 9.18. The zero-order valence-electron chi connectivity index (χ0n) is 16.7. The molecular weight excluding hydrogens is 338 g/mol. The van der Waals surface area contributed by atoms with Crippen molar-refractivity contribution in [2.75, 3.05) is 19.7 Å². The number of carbonyl (C=O) groups is 1. The van der Waals surface area contributed by atoms with Gasteiger partial charge in [-0.05, 0) is 44.2 Å². The van der Waals surface area contributed by atoms with Gasteiger partial charge in [-0.2, -0.15) is 5.10 Å². The van der Waals surface area contributed by atoms with E-state index < -0.39 is 0 Å². The number of piperidine rings is 1. The van der Waals surface area contributed by atoms with Gasteiger partial charge in [-0.15, -0.1) is 0 Å². The van der Waals surface area contributed by atoms with Gasteiger partial charge in [0.05, 0.1) is 24.8 Å². The molecule has 1 aromatic heterocycles. The molecule has 1 amide bonds. The third-order valence-electron chi connectivity index (χ3n) is 5.36. The van der Waals surface area contributed by atoms with Gasteiger partial charge < -0.3 is 9.64 Å². The van der Waals surface area contributed by atoms with Crippen LogP contribution in [0.1, 0.15) is 36.7 Å². The molecule has 2 heterocycles. The normalized spacial score (nSPS) is 16.5. The number of benzene rings is 1. The summed E-state index contributed by atoms with van der Waals surface area (Å²) in [6, 6.07) is 12.3. The van der Waals surface area contributed by atoms with Crippen molar-refractivity contribution in [1.29, 1.82) is 0 Å². The molecule has 0 saturated carbocycles. The summed E-state index contributed by atoms with van der Waals surface area (Å²) in [5.74, 6) is 0.740. The van der Waals surface area contributed by atoms with Crippen LogP contribution in [0.5, 0.6) is 0 Å². The van der Waals surface area contributed by atoms with Gasteiger partial charge in [0.1, 0.15) is 0 Å². The highest BCUT2D eigenvalue weighted by Gasteiger charge is 2.26. The second-order valence-electron chi connectivity index (χ2n) is 7.78. The molecule has 1 aromatic carbocycles. The number of hydrogen-bond donors (Lipinski definition) is 0. The number of likely N-dealkylation sites (tertiary alicyclic amines) is 1. The highest BCUT2D eigenvalue weighted by Crippen LogP contribution is 2.20. The minimum Gasteiger partial charge on any atom is -0.376 e. The monoisotopic (exact) mass is 369 g/mol. The molecule has 146 valence electrons. The Morgan fingerprint density at radius 1 is 1.22 bits per heavy atom. The average molecular weight is 370 g/mol. The summed E-state index contributed by atoms with van der Waals surface area (Å²) in [6.07, 6.45) is 2.04. The molecule has 1 fully saturated rings. The van der Waals surface area contributed by atoms with Gasteiger partial charge in [0, 0.05) is 25.4 Å². The van der Waals surface area contributed by atoms with Gasteiger partial charge in [0.25, 0.3) is 0 Å². The van der Waals surface area contributed by atoms with Crippen molar-refractivity contribution in [1.82, 2.24) is 14.7 Å². The fourth-order valence-corrected chi connectivity index (χ4v) is 3.75. The number of carbonyl (C=O) groups excluding carboxylic acids is 1. The number of hydrogen-bond acceptors (Lipinski definition) is 3. The van der Waals surface area contributed by atoms with Crippen LogP contribution in [-0.4, -0.2) is 40.3 Å². The van der Waals surface area contributed by atoms with E-state index in [0.717, 1.165) is 43.9 Å². The molecule has 0 aliphatic carbocycles. The minimum atomic E-state index is -0.0473. The molecule has 0 bridgehead atoms. The third-order valence-corrected chi connectivity index (χ3v) is 5.36. The molecular formula is C22H31N3O2. The maximum absolute atomic E-state index is 12.8. The summed E-state index contributed by atoms with van der Waals surface area (Å²) in [7, 11) is 0. The maximum atomic E-state index is 12.8. The second-order valence-corrected chi connectivity index (χ2v) is 7.78. The van der Waals surface area contributed by atoms with E-state index in [2.05, 4.69) is 23.3 Å². The summed E-state index contributed by atoms with van der Waals surface area (Å²) in [5, 5.41) is 4.48. The van der Waals surface area contributed by atoms with E-state index in [9.17, 15) is 4.79 Å². The lowest BCUT2D eigenvalue weighted by Gasteiger charge is -2.33. The molecule has 2 aromatic rings. The van der Waals surface area contributed by atoms with Gasteiger partial charge in [-0.1, -0.05) is 37.3 Å². The lowest BCUT2D eigenvalue weighted by molar-refractivity contribution is -0.137. The maximum Gasteiger partial charge on any atom is 0.227 e. The van der Waals surface area contributed by atoms with Crippen LogP contribution >= 0.6 is 0 Å². The molecule has 1 aliphatic heterocycles. The summed E-state index contributed by atoms with van der Waals surface area (Å²) in [4.78, 5) is 14.8. The van der Waals surface area contributed by atoms with Crippen molar-refractivity contribution in [3.63, 3.8) is 0 Å². The molecule has 1 aliphatic rings. The summed E-state index contributed by atoms with van der Waals surface area (Å²) in [5.41, 5.74) is 3.33. The molecule has 1 atom stereocenters. The van der Waals surface area contributed by atoms with Crippen LogP contribution in [0.3, 0.4) is 0 Å². The zero-order valence-corrected chi connectivity index (χ0v) is 16.7. The number of amides is 1. The highest BCUT2D eigenvalue weighted by atomic mass is 16.5. The Labute approximate surface area is 162 Å². The van der Waals surface area contributed by atoms with Crippen molar-refractivity contribution in [3.05, 3.63) is 53.3 Å². The Balaban J connectivity index is 1.40. The van der Waals surface area contributed by atoms with Crippen LogP contribution in [0.4, 0.5) is 0 Å². The zero-order chi connectivity index (χ0) is 19.2. The Hall–Kier alpha value is -2.14. The van der Waals surface area contributed by atoms with E-state index in [0.29, 0.717) is 19.1 Å². The first kappa shape index (κ1) is 19.6. The van der Waals surface area contributed by atoms with E-state index >= 15 is 0 Å². The third kappa shape index (κ3) is 5.42.